The Labute approximate surface area is 147 Å². The van der Waals surface area contributed by atoms with Crippen LogP contribution in [0.3, 0.4) is 0 Å². The van der Waals surface area contributed by atoms with Gasteiger partial charge in [0.05, 0.1) is 18.2 Å². The number of hydrogen-bond acceptors (Lipinski definition) is 3. The van der Waals surface area contributed by atoms with Crippen molar-refractivity contribution in [2.75, 3.05) is 7.11 Å². The van der Waals surface area contributed by atoms with Crippen LogP contribution in [0, 0.1) is 5.92 Å². The van der Waals surface area contributed by atoms with Crippen LogP contribution >= 0.6 is 0 Å². The zero-order chi connectivity index (χ0) is 20.1. The van der Waals surface area contributed by atoms with Gasteiger partial charge in [0.15, 0.2) is 0 Å². The first-order chi connectivity index (χ1) is 11.9. The molecule has 1 aromatic carbocycles. The molecule has 0 aliphatic rings. The van der Waals surface area contributed by atoms with Gasteiger partial charge in [-0.3, -0.25) is 4.79 Å². The minimum absolute atomic E-state index is 0.0133. The summed E-state index contributed by atoms with van der Waals surface area (Å²) in [6.45, 7) is 1.81. The van der Waals surface area contributed by atoms with E-state index in [-0.39, 0.29) is 30.4 Å². The molecule has 2 unspecified atom stereocenters. The smallest absolute Gasteiger partial charge is 0.416 e. The van der Waals surface area contributed by atoms with Crippen molar-refractivity contribution in [2.45, 2.75) is 51.0 Å². The van der Waals surface area contributed by atoms with E-state index in [1.54, 1.807) is 0 Å². The Morgan fingerprint density at radius 1 is 1.08 bits per heavy atom. The highest BCUT2D eigenvalue weighted by Gasteiger charge is 2.36. The lowest BCUT2D eigenvalue weighted by atomic mass is 9.90. The Morgan fingerprint density at radius 3 is 1.96 bits per heavy atom. The van der Waals surface area contributed by atoms with Crippen LogP contribution in [0.2, 0.25) is 0 Å². The van der Waals surface area contributed by atoms with Gasteiger partial charge in [-0.1, -0.05) is 13.3 Å². The van der Waals surface area contributed by atoms with Gasteiger partial charge in [0.25, 0.3) is 0 Å². The Hall–Kier alpha value is -1.77. The number of nitrogens with two attached hydrogens (primary N) is 1. The van der Waals surface area contributed by atoms with Gasteiger partial charge in [-0.15, -0.1) is 0 Å². The minimum atomic E-state index is -4.87. The number of esters is 1. The third-order valence-electron chi connectivity index (χ3n) is 4.16. The zero-order valence-electron chi connectivity index (χ0n) is 14.4. The highest BCUT2D eigenvalue weighted by atomic mass is 19.4. The average molecular weight is 385 g/mol. The van der Waals surface area contributed by atoms with Gasteiger partial charge in [-0.2, -0.15) is 26.3 Å². The number of ether oxygens (including phenoxy) is 1. The fourth-order valence-electron chi connectivity index (χ4n) is 2.63. The molecule has 0 saturated heterocycles. The SMILES string of the molecule is CCC(CCc1cc(C(F)(F)F)cc(C(F)(F)F)c1)CC(N)C(=O)OC. The standard InChI is InChI=1S/C17H21F6NO2/c1-3-10(8-14(24)15(25)26-2)4-5-11-6-12(16(18,19)20)9-13(7-11)17(21,22)23/h6-7,9-10,14H,3-5,8,24H2,1-2H3. The number of hydrogen-bond donors (Lipinski definition) is 1. The van der Waals surface area contributed by atoms with Crippen LogP contribution in [0.4, 0.5) is 26.3 Å². The van der Waals surface area contributed by atoms with E-state index in [1.807, 2.05) is 6.92 Å². The number of methoxy groups -OCH3 is 1. The van der Waals surface area contributed by atoms with E-state index in [1.165, 1.54) is 7.11 Å². The molecule has 0 heterocycles. The molecule has 0 aromatic heterocycles. The van der Waals surface area contributed by atoms with Crippen molar-refractivity contribution in [2.24, 2.45) is 11.7 Å². The molecule has 0 bridgehead atoms. The van der Waals surface area contributed by atoms with Crippen LogP contribution in [-0.2, 0) is 28.3 Å². The van der Waals surface area contributed by atoms with Gasteiger partial charge in [-0.25, -0.2) is 0 Å². The number of halogens is 6. The molecule has 1 aromatic rings. The number of aryl methyl sites for hydroxylation is 1. The normalized spacial score (nSPS) is 14.8. The lowest BCUT2D eigenvalue weighted by Crippen LogP contribution is -2.33. The molecule has 1 rings (SSSR count). The first-order valence-electron chi connectivity index (χ1n) is 8.00. The highest BCUT2D eigenvalue weighted by molar-refractivity contribution is 5.75. The summed E-state index contributed by atoms with van der Waals surface area (Å²) in [7, 11) is 1.18. The third-order valence-corrected chi connectivity index (χ3v) is 4.16. The van der Waals surface area contributed by atoms with Gasteiger partial charge in [-0.05, 0) is 48.9 Å². The largest absolute Gasteiger partial charge is 0.468 e. The van der Waals surface area contributed by atoms with Gasteiger partial charge in [0.1, 0.15) is 6.04 Å². The van der Waals surface area contributed by atoms with E-state index in [0.717, 1.165) is 12.1 Å². The molecule has 2 N–H and O–H groups in total. The third kappa shape index (κ3) is 6.51. The minimum Gasteiger partial charge on any atom is -0.468 e. The van der Waals surface area contributed by atoms with Crippen molar-refractivity contribution in [3.63, 3.8) is 0 Å². The molecule has 2 atom stereocenters. The lowest BCUT2D eigenvalue weighted by Gasteiger charge is -2.19. The van der Waals surface area contributed by atoms with Crippen molar-refractivity contribution in [1.29, 1.82) is 0 Å². The van der Waals surface area contributed by atoms with E-state index in [4.69, 9.17) is 5.73 Å². The molecule has 3 nitrogen and oxygen atoms in total. The van der Waals surface area contributed by atoms with Gasteiger partial charge in [0, 0.05) is 0 Å². The predicted octanol–water partition coefficient (Wildman–Crippen LogP) is 4.57. The maximum absolute atomic E-state index is 12.9. The summed E-state index contributed by atoms with van der Waals surface area (Å²) >= 11 is 0. The fraction of sp³-hybridized carbons (Fsp3) is 0.588. The summed E-state index contributed by atoms with van der Waals surface area (Å²) < 4.78 is 81.7. The topological polar surface area (TPSA) is 52.3 Å². The van der Waals surface area contributed by atoms with Gasteiger partial charge >= 0.3 is 18.3 Å². The van der Waals surface area contributed by atoms with Crippen LogP contribution in [0.25, 0.3) is 0 Å². The number of rotatable bonds is 7. The zero-order valence-corrected chi connectivity index (χ0v) is 14.4. The first-order valence-corrected chi connectivity index (χ1v) is 8.00. The Bertz CT molecular complexity index is 580. The van der Waals surface area contributed by atoms with Crippen molar-refractivity contribution in [3.8, 4) is 0 Å². The molecule has 26 heavy (non-hydrogen) atoms. The van der Waals surface area contributed by atoms with Crippen LogP contribution in [0.15, 0.2) is 18.2 Å². The summed E-state index contributed by atoms with van der Waals surface area (Å²) in [6.07, 6.45) is -8.59. The Kier molecular flexibility index (Phi) is 7.49. The van der Waals surface area contributed by atoms with E-state index in [0.29, 0.717) is 12.8 Å². The summed E-state index contributed by atoms with van der Waals surface area (Å²) in [4.78, 5) is 11.4. The summed E-state index contributed by atoms with van der Waals surface area (Å²) in [5, 5.41) is 0. The molecule has 148 valence electrons. The Morgan fingerprint density at radius 2 is 1.58 bits per heavy atom. The molecule has 0 amide bonds. The average Bonchev–Trinajstić information content (AvgIpc) is 2.55. The van der Waals surface area contributed by atoms with Crippen molar-refractivity contribution < 1.29 is 35.9 Å². The number of carbonyl (C=O) groups excluding carboxylic acids is 1. The molecular formula is C17H21F6NO2. The van der Waals surface area contributed by atoms with Crippen LogP contribution in [0.5, 0.6) is 0 Å². The second-order valence-corrected chi connectivity index (χ2v) is 6.09. The molecule has 0 saturated carbocycles. The molecular weight excluding hydrogens is 364 g/mol. The number of carbonyl (C=O) groups is 1. The van der Waals surface area contributed by atoms with Gasteiger partial charge in [0.2, 0.25) is 0 Å². The number of alkyl halides is 6. The lowest BCUT2D eigenvalue weighted by molar-refractivity contribution is -0.144. The molecule has 0 aliphatic carbocycles. The Balaban J connectivity index is 2.95. The summed E-state index contributed by atoms with van der Waals surface area (Å²) in [5.74, 6) is -0.741. The second kappa shape index (κ2) is 8.75. The van der Waals surface area contributed by atoms with Gasteiger partial charge < -0.3 is 10.5 Å². The molecule has 0 radical (unpaired) electrons. The predicted molar refractivity (Wildman–Crippen MR) is 83.2 cm³/mol. The molecule has 0 spiro atoms. The van der Waals surface area contributed by atoms with E-state index < -0.39 is 35.5 Å². The quantitative estimate of drug-likeness (QED) is 0.552. The highest BCUT2D eigenvalue weighted by Crippen LogP contribution is 2.36. The first kappa shape index (κ1) is 22.3. The van der Waals surface area contributed by atoms with E-state index in [9.17, 15) is 31.1 Å². The van der Waals surface area contributed by atoms with Crippen LogP contribution < -0.4 is 5.73 Å². The van der Waals surface area contributed by atoms with Crippen LogP contribution in [0.1, 0.15) is 42.9 Å². The van der Waals surface area contributed by atoms with E-state index >= 15 is 0 Å². The second-order valence-electron chi connectivity index (χ2n) is 6.09. The van der Waals surface area contributed by atoms with E-state index in [2.05, 4.69) is 4.74 Å². The summed E-state index contributed by atoms with van der Waals surface area (Å²) in [6, 6.07) is 0.676. The maximum atomic E-state index is 12.9. The molecule has 0 fully saturated rings. The van der Waals surface area contributed by atoms with Crippen LogP contribution in [-0.4, -0.2) is 19.1 Å². The van der Waals surface area contributed by atoms with Crippen molar-refractivity contribution >= 4 is 5.97 Å². The van der Waals surface area contributed by atoms with Crippen molar-refractivity contribution in [1.82, 2.24) is 0 Å². The van der Waals surface area contributed by atoms with Crippen molar-refractivity contribution in [3.05, 3.63) is 34.9 Å². The number of benzene rings is 1. The maximum Gasteiger partial charge on any atom is 0.416 e. The molecule has 0 aliphatic heterocycles. The fourth-order valence-corrected chi connectivity index (χ4v) is 2.63. The molecule has 9 heteroatoms. The monoisotopic (exact) mass is 385 g/mol. The summed E-state index contributed by atoms with van der Waals surface area (Å²) in [5.41, 5.74) is 2.94.